The number of hydrogen-bond acceptors (Lipinski definition) is 2. The standard InChI is InChI=1S/B.Li.H2O2.H2O/c;;1-2;/h;;1-2H;1H2. The summed E-state index contributed by atoms with van der Waals surface area (Å²) in [6.07, 6.45) is 0. The van der Waals surface area contributed by atoms with E-state index in [4.69, 9.17) is 10.5 Å². The van der Waals surface area contributed by atoms with E-state index in [1.807, 2.05) is 0 Å². The van der Waals surface area contributed by atoms with Crippen molar-refractivity contribution in [2.24, 2.45) is 0 Å². The molecule has 0 aromatic rings. The second-order valence-electron chi connectivity index (χ2n) is 0. The van der Waals surface area contributed by atoms with E-state index < -0.39 is 0 Å². The molecular weight excluding hydrogens is 65.8 g/mol. The molecule has 0 amide bonds. The van der Waals surface area contributed by atoms with Gasteiger partial charge in [-0.05, 0) is 0 Å². The Hall–Kier alpha value is 0.542. The van der Waals surface area contributed by atoms with Crippen molar-refractivity contribution in [3.05, 3.63) is 0 Å². The molecule has 0 spiro atoms. The molecule has 0 rings (SSSR count). The van der Waals surface area contributed by atoms with Crippen molar-refractivity contribution < 1.29 is 16.0 Å². The van der Waals surface area contributed by atoms with Crippen LogP contribution in [-0.4, -0.2) is 43.3 Å². The monoisotopic (exact) mass is 70.0 g/mol. The summed E-state index contributed by atoms with van der Waals surface area (Å²) in [5.41, 5.74) is 0. The van der Waals surface area contributed by atoms with E-state index in [1.165, 1.54) is 0 Å². The van der Waals surface area contributed by atoms with Crippen LogP contribution in [-0.2, 0) is 0 Å². The molecule has 0 aliphatic rings. The number of hydrogen-bond donors (Lipinski definition) is 2. The quantitative estimate of drug-likeness (QED) is 0.205. The summed E-state index contributed by atoms with van der Waals surface area (Å²) in [6, 6.07) is 0. The minimum Gasteiger partial charge on any atom is -0.412 e. The SMILES string of the molecule is O.OO.[B].[Li]. The largest absolute Gasteiger partial charge is 0.412 e. The summed E-state index contributed by atoms with van der Waals surface area (Å²) in [4.78, 5) is 0. The van der Waals surface area contributed by atoms with Gasteiger partial charge in [0.1, 0.15) is 0 Å². The van der Waals surface area contributed by atoms with Gasteiger partial charge in [-0.3, -0.25) is 10.5 Å². The molecule has 0 atom stereocenters. The fourth-order valence-electron chi connectivity index (χ4n) is 0. The first-order valence-electron chi connectivity index (χ1n) is 0.200. The van der Waals surface area contributed by atoms with E-state index in [2.05, 4.69) is 0 Å². The summed E-state index contributed by atoms with van der Waals surface area (Å²) in [5, 5.41) is 12.0. The van der Waals surface area contributed by atoms with E-state index in [1.54, 1.807) is 0 Å². The fourth-order valence-corrected chi connectivity index (χ4v) is 0. The Balaban J connectivity index is -0.00000000167. The molecule has 0 saturated carbocycles. The predicted molar refractivity (Wildman–Crippen MR) is 20.4 cm³/mol. The van der Waals surface area contributed by atoms with Crippen LogP contribution in [0.3, 0.4) is 0 Å². The molecular formula is H4BLiO3. The van der Waals surface area contributed by atoms with E-state index in [9.17, 15) is 0 Å². The summed E-state index contributed by atoms with van der Waals surface area (Å²) >= 11 is 0. The van der Waals surface area contributed by atoms with Crippen LogP contribution in [0.1, 0.15) is 0 Å². The Labute approximate surface area is 44.0 Å². The third kappa shape index (κ3) is 99.8. The van der Waals surface area contributed by atoms with Gasteiger partial charge in [0.15, 0.2) is 0 Å². The predicted octanol–water partition coefficient (Wildman–Crippen LogP) is -1.57. The first-order valence-corrected chi connectivity index (χ1v) is 0.200. The maximum Gasteiger partial charge on any atom is 0 e. The maximum atomic E-state index is 6.00. The molecule has 5 heavy (non-hydrogen) atoms. The molecule has 0 heterocycles. The van der Waals surface area contributed by atoms with Crippen LogP contribution in [0, 0.1) is 0 Å². The van der Waals surface area contributed by atoms with Gasteiger partial charge in [0, 0.05) is 27.3 Å². The zero-order chi connectivity index (χ0) is 2.00. The topological polar surface area (TPSA) is 72.0 Å². The smallest absolute Gasteiger partial charge is 0 e. The van der Waals surface area contributed by atoms with E-state index in [0.29, 0.717) is 0 Å². The Morgan fingerprint density at radius 2 is 1.00 bits per heavy atom. The second-order valence-corrected chi connectivity index (χ2v) is 0. The average Bonchev–Trinajstić information content (AvgIpc) is 1.00. The Morgan fingerprint density at radius 1 is 1.00 bits per heavy atom. The molecule has 0 aliphatic heterocycles. The Morgan fingerprint density at radius 3 is 1.00 bits per heavy atom. The summed E-state index contributed by atoms with van der Waals surface area (Å²) in [5.74, 6) is 0. The zero-order valence-electron chi connectivity index (χ0n) is 2.97. The van der Waals surface area contributed by atoms with Crippen LogP contribution < -0.4 is 0 Å². The molecule has 0 aromatic heterocycles. The van der Waals surface area contributed by atoms with Crippen molar-refractivity contribution in [3.8, 4) is 0 Å². The summed E-state index contributed by atoms with van der Waals surface area (Å²) in [7, 11) is 0. The normalized spacial score (nSPS) is 1.20. The molecule has 0 bridgehead atoms. The third-order valence-corrected chi connectivity index (χ3v) is 0. The average molecular weight is 69.8 g/mol. The molecule has 0 saturated heterocycles. The van der Waals surface area contributed by atoms with Crippen molar-refractivity contribution in [1.29, 1.82) is 0 Å². The van der Waals surface area contributed by atoms with Gasteiger partial charge in [0.05, 0.1) is 0 Å². The van der Waals surface area contributed by atoms with Crippen LogP contribution in [0.4, 0.5) is 0 Å². The number of rotatable bonds is 0. The molecule has 3 nitrogen and oxygen atoms in total. The molecule has 5 heteroatoms. The molecule has 4 N–H and O–H groups in total. The first kappa shape index (κ1) is 48.1. The molecule has 0 aromatic carbocycles. The van der Waals surface area contributed by atoms with Crippen LogP contribution >= 0.6 is 0 Å². The molecule has 0 unspecified atom stereocenters. The minimum atomic E-state index is 0. The van der Waals surface area contributed by atoms with E-state index in [0.717, 1.165) is 0 Å². The molecule has 0 aliphatic carbocycles. The van der Waals surface area contributed by atoms with Crippen molar-refractivity contribution in [2.75, 3.05) is 0 Å². The Bertz CT molecular complexity index is 6.85. The van der Waals surface area contributed by atoms with Gasteiger partial charge in [0.25, 0.3) is 0 Å². The van der Waals surface area contributed by atoms with Crippen molar-refractivity contribution in [1.82, 2.24) is 0 Å². The van der Waals surface area contributed by atoms with E-state index in [-0.39, 0.29) is 32.7 Å². The second kappa shape index (κ2) is 194. The van der Waals surface area contributed by atoms with Crippen LogP contribution in [0.2, 0.25) is 0 Å². The summed E-state index contributed by atoms with van der Waals surface area (Å²) < 4.78 is 0. The maximum absolute atomic E-state index is 6.00. The van der Waals surface area contributed by atoms with Gasteiger partial charge in [-0.1, -0.05) is 0 Å². The van der Waals surface area contributed by atoms with Crippen LogP contribution in [0.15, 0.2) is 0 Å². The van der Waals surface area contributed by atoms with Crippen LogP contribution in [0.25, 0.3) is 0 Å². The van der Waals surface area contributed by atoms with Crippen molar-refractivity contribution >= 4 is 27.3 Å². The van der Waals surface area contributed by atoms with Gasteiger partial charge in [0.2, 0.25) is 0 Å². The Kier molecular flexibility index (Phi) is 1860. The summed E-state index contributed by atoms with van der Waals surface area (Å²) in [6.45, 7) is 0. The minimum absolute atomic E-state index is 0. The first-order chi connectivity index (χ1) is 1.00. The van der Waals surface area contributed by atoms with Crippen LogP contribution in [0.5, 0.6) is 0 Å². The zero-order valence-corrected chi connectivity index (χ0v) is 2.97. The molecule has 4 radical (unpaired) electrons. The van der Waals surface area contributed by atoms with Gasteiger partial charge >= 0.3 is 0 Å². The van der Waals surface area contributed by atoms with E-state index >= 15 is 0 Å². The third-order valence-electron chi connectivity index (χ3n) is 0. The fraction of sp³-hybridized carbons (Fsp3) is 0. The van der Waals surface area contributed by atoms with Gasteiger partial charge in [-0.15, -0.1) is 0 Å². The van der Waals surface area contributed by atoms with Crippen molar-refractivity contribution in [3.63, 3.8) is 0 Å². The molecule has 0 fully saturated rings. The molecule has 26 valence electrons. The van der Waals surface area contributed by atoms with Gasteiger partial charge in [-0.25, -0.2) is 0 Å². The van der Waals surface area contributed by atoms with Gasteiger partial charge in [-0.2, -0.15) is 0 Å². The van der Waals surface area contributed by atoms with Crippen molar-refractivity contribution in [2.45, 2.75) is 0 Å². The van der Waals surface area contributed by atoms with Gasteiger partial charge < -0.3 is 5.48 Å².